The van der Waals surface area contributed by atoms with E-state index in [9.17, 15) is 4.79 Å². The van der Waals surface area contributed by atoms with E-state index in [0.29, 0.717) is 26.2 Å². The summed E-state index contributed by atoms with van der Waals surface area (Å²) in [6.07, 6.45) is 2.60. The summed E-state index contributed by atoms with van der Waals surface area (Å²) in [5.74, 6) is 0.113. The third-order valence-electron chi connectivity index (χ3n) is 2.69. The summed E-state index contributed by atoms with van der Waals surface area (Å²) >= 11 is 0. The Morgan fingerprint density at radius 3 is 2.78 bits per heavy atom. The molecule has 1 rings (SSSR count). The molecule has 1 amide bonds. The summed E-state index contributed by atoms with van der Waals surface area (Å²) in [4.78, 5) is 19.8. The zero-order chi connectivity index (χ0) is 13.4. The van der Waals surface area contributed by atoms with Crippen molar-refractivity contribution in [3.63, 3.8) is 0 Å². The molecule has 5 heteroatoms. The summed E-state index contributed by atoms with van der Waals surface area (Å²) in [6.45, 7) is 2.41. The number of rotatable bonds is 7. The second-order valence-electron chi connectivity index (χ2n) is 4.45. The van der Waals surface area contributed by atoms with Gasteiger partial charge in [-0.3, -0.25) is 14.7 Å². The number of aromatic nitrogens is 1. The third-order valence-corrected chi connectivity index (χ3v) is 2.69. The fourth-order valence-corrected chi connectivity index (χ4v) is 1.63. The molecule has 0 unspecified atom stereocenters. The first-order chi connectivity index (χ1) is 8.63. The van der Waals surface area contributed by atoms with E-state index in [0.717, 1.165) is 12.1 Å². The second-order valence-corrected chi connectivity index (χ2v) is 4.45. The fraction of sp³-hybridized carbons (Fsp3) is 0.538. The van der Waals surface area contributed by atoms with Crippen LogP contribution in [0.1, 0.15) is 12.1 Å². The number of likely N-dealkylation sites (N-methyl/N-ethyl adjacent to an activating group) is 2. The fourth-order valence-electron chi connectivity index (χ4n) is 1.63. The van der Waals surface area contributed by atoms with Gasteiger partial charge in [-0.1, -0.05) is 6.07 Å². The Morgan fingerprint density at radius 1 is 1.39 bits per heavy atom. The molecule has 0 fully saturated rings. The Kier molecular flexibility index (Phi) is 6.32. The van der Waals surface area contributed by atoms with Crippen molar-refractivity contribution < 1.29 is 4.79 Å². The second kappa shape index (κ2) is 7.79. The van der Waals surface area contributed by atoms with E-state index >= 15 is 0 Å². The molecule has 0 spiro atoms. The highest BCUT2D eigenvalue weighted by molar-refractivity contribution is 5.77. The van der Waals surface area contributed by atoms with Crippen molar-refractivity contribution in [2.24, 2.45) is 5.73 Å². The number of pyridine rings is 1. The molecular weight excluding hydrogens is 228 g/mol. The molecule has 100 valence electrons. The molecule has 0 saturated heterocycles. The Labute approximate surface area is 109 Å². The molecule has 0 bridgehead atoms. The molecule has 0 aliphatic carbocycles. The van der Waals surface area contributed by atoms with Gasteiger partial charge in [0.1, 0.15) is 0 Å². The Bertz CT molecular complexity index is 355. The molecule has 1 aromatic heterocycles. The van der Waals surface area contributed by atoms with Crippen LogP contribution in [0.25, 0.3) is 0 Å². The average Bonchev–Trinajstić information content (AvgIpc) is 2.36. The number of carbonyl (C=O) groups excluding carboxylic acids is 1. The van der Waals surface area contributed by atoms with Crippen LogP contribution >= 0.6 is 0 Å². The van der Waals surface area contributed by atoms with E-state index in [2.05, 4.69) is 4.98 Å². The normalized spacial score (nSPS) is 10.7. The molecule has 0 atom stereocenters. The van der Waals surface area contributed by atoms with Crippen LogP contribution < -0.4 is 5.73 Å². The van der Waals surface area contributed by atoms with Crippen LogP contribution in [0.2, 0.25) is 0 Å². The zero-order valence-corrected chi connectivity index (χ0v) is 11.2. The lowest BCUT2D eigenvalue weighted by molar-refractivity contribution is -0.130. The minimum atomic E-state index is 0.113. The van der Waals surface area contributed by atoms with Gasteiger partial charge in [-0.2, -0.15) is 0 Å². The average molecular weight is 250 g/mol. The maximum Gasteiger partial charge on any atom is 0.236 e. The van der Waals surface area contributed by atoms with Gasteiger partial charge in [0, 0.05) is 26.3 Å². The Balaban J connectivity index is 2.35. The van der Waals surface area contributed by atoms with Crippen molar-refractivity contribution in [3.05, 3.63) is 30.1 Å². The first-order valence-corrected chi connectivity index (χ1v) is 6.16. The quantitative estimate of drug-likeness (QED) is 0.757. The standard InChI is InChI=1S/C13H22N4O/c1-16(10-12-6-3-4-8-15-12)11-13(18)17(2)9-5-7-14/h3-4,6,8H,5,7,9-11,14H2,1-2H3. The van der Waals surface area contributed by atoms with Crippen LogP contribution in [0.5, 0.6) is 0 Å². The van der Waals surface area contributed by atoms with Crippen LogP contribution in [0.3, 0.4) is 0 Å². The summed E-state index contributed by atoms with van der Waals surface area (Å²) in [7, 11) is 3.73. The van der Waals surface area contributed by atoms with E-state index in [1.165, 1.54) is 0 Å². The van der Waals surface area contributed by atoms with Crippen molar-refractivity contribution in [3.8, 4) is 0 Å². The predicted molar refractivity (Wildman–Crippen MR) is 71.9 cm³/mol. The largest absolute Gasteiger partial charge is 0.345 e. The molecule has 1 heterocycles. The minimum Gasteiger partial charge on any atom is -0.345 e. The van der Waals surface area contributed by atoms with E-state index in [-0.39, 0.29) is 5.91 Å². The molecular formula is C13H22N4O. The maximum absolute atomic E-state index is 11.9. The highest BCUT2D eigenvalue weighted by atomic mass is 16.2. The van der Waals surface area contributed by atoms with Gasteiger partial charge in [0.05, 0.1) is 12.2 Å². The minimum absolute atomic E-state index is 0.113. The van der Waals surface area contributed by atoms with E-state index in [1.807, 2.05) is 37.2 Å². The van der Waals surface area contributed by atoms with Crippen molar-refractivity contribution in [1.29, 1.82) is 0 Å². The van der Waals surface area contributed by atoms with Gasteiger partial charge in [0.2, 0.25) is 5.91 Å². The number of nitrogens with two attached hydrogens (primary N) is 1. The number of carbonyl (C=O) groups is 1. The Morgan fingerprint density at radius 2 is 2.17 bits per heavy atom. The van der Waals surface area contributed by atoms with Crippen LogP contribution in [-0.2, 0) is 11.3 Å². The summed E-state index contributed by atoms with van der Waals surface area (Å²) < 4.78 is 0. The van der Waals surface area contributed by atoms with Gasteiger partial charge in [-0.25, -0.2) is 0 Å². The molecule has 0 saturated carbocycles. The van der Waals surface area contributed by atoms with Gasteiger partial charge in [0.15, 0.2) is 0 Å². The van der Waals surface area contributed by atoms with Crippen LogP contribution in [0, 0.1) is 0 Å². The van der Waals surface area contributed by atoms with Crippen molar-refractivity contribution in [2.45, 2.75) is 13.0 Å². The smallest absolute Gasteiger partial charge is 0.236 e. The molecule has 0 aromatic carbocycles. The third kappa shape index (κ3) is 5.25. The summed E-state index contributed by atoms with van der Waals surface area (Å²) in [5, 5.41) is 0. The van der Waals surface area contributed by atoms with Crippen molar-refractivity contribution >= 4 is 5.91 Å². The van der Waals surface area contributed by atoms with E-state index in [4.69, 9.17) is 5.73 Å². The van der Waals surface area contributed by atoms with Gasteiger partial charge in [-0.05, 0) is 32.1 Å². The van der Waals surface area contributed by atoms with Crippen molar-refractivity contribution in [1.82, 2.24) is 14.8 Å². The maximum atomic E-state index is 11.9. The highest BCUT2D eigenvalue weighted by Crippen LogP contribution is 1.99. The Hall–Kier alpha value is -1.46. The van der Waals surface area contributed by atoms with Crippen LogP contribution in [0.4, 0.5) is 0 Å². The van der Waals surface area contributed by atoms with Crippen molar-refractivity contribution in [2.75, 3.05) is 33.7 Å². The summed E-state index contributed by atoms with van der Waals surface area (Å²) in [5.41, 5.74) is 6.39. The predicted octanol–water partition coefficient (Wildman–Crippen LogP) is 0.321. The van der Waals surface area contributed by atoms with Gasteiger partial charge < -0.3 is 10.6 Å². The van der Waals surface area contributed by atoms with E-state index in [1.54, 1.807) is 11.1 Å². The number of hydrogen-bond acceptors (Lipinski definition) is 4. The van der Waals surface area contributed by atoms with Gasteiger partial charge in [0.25, 0.3) is 0 Å². The topological polar surface area (TPSA) is 62.5 Å². The lowest BCUT2D eigenvalue weighted by Crippen LogP contribution is -2.37. The first-order valence-electron chi connectivity index (χ1n) is 6.16. The molecule has 18 heavy (non-hydrogen) atoms. The SMILES string of the molecule is CN(CC(=O)N(C)CCCN)Cc1ccccn1. The molecule has 1 aromatic rings. The van der Waals surface area contributed by atoms with Gasteiger partial charge >= 0.3 is 0 Å². The molecule has 0 aliphatic heterocycles. The lowest BCUT2D eigenvalue weighted by Gasteiger charge is -2.21. The molecule has 0 radical (unpaired) electrons. The number of nitrogens with zero attached hydrogens (tertiary/aromatic N) is 3. The molecule has 2 N–H and O–H groups in total. The van der Waals surface area contributed by atoms with Crippen LogP contribution in [-0.4, -0.2) is 54.4 Å². The number of amides is 1. The highest BCUT2D eigenvalue weighted by Gasteiger charge is 2.11. The van der Waals surface area contributed by atoms with E-state index < -0.39 is 0 Å². The molecule has 0 aliphatic rings. The van der Waals surface area contributed by atoms with Crippen LogP contribution in [0.15, 0.2) is 24.4 Å². The monoisotopic (exact) mass is 250 g/mol. The summed E-state index contributed by atoms with van der Waals surface area (Å²) in [6, 6.07) is 5.79. The first kappa shape index (κ1) is 14.6. The lowest BCUT2D eigenvalue weighted by atomic mass is 10.3. The number of hydrogen-bond donors (Lipinski definition) is 1. The zero-order valence-electron chi connectivity index (χ0n) is 11.2. The van der Waals surface area contributed by atoms with Gasteiger partial charge in [-0.15, -0.1) is 0 Å². The molecule has 5 nitrogen and oxygen atoms in total.